The molecule has 18 heavy (non-hydrogen) atoms. The second-order valence-electron chi connectivity index (χ2n) is 5.06. The fourth-order valence-corrected chi connectivity index (χ4v) is 2.79. The molecule has 1 aliphatic rings. The quantitative estimate of drug-likeness (QED) is 0.890. The van der Waals surface area contributed by atoms with Crippen LogP contribution in [0.1, 0.15) is 49.7 Å². The summed E-state index contributed by atoms with van der Waals surface area (Å²) in [7, 11) is 3.65. The van der Waals surface area contributed by atoms with Crippen molar-refractivity contribution in [3.63, 3.8) is 0 Å². The van der Waals surface area contributed by atoms with Crippen molar-refractivity contribution in [3.05, 3.63) is 17.6 Å². The van der Waals surface area contributed by atoms with E-state index < -0.39 is 0 Å². The molecule has 1 aromatic rings. The van der Waals surface area contributed by atoms with Crippen molar-refractivity contribution in [3.8, 4) is 0 Å². The Morgan fingerprint density at radius 3 is 2.61 bits per heavy atom. The molecule has 2 rings (SSSR count). The fourth-order valence-electron chi connectivity index (χ4n) is 2.79. The molecule has 0 aromatic carbocycles. The second kappa shape index (κ2) is 6.14. The molecule has 1 aromatic heterocycles. The number of aromatic nitrogens is 2. The van der Waals surface area contributed by atoms with Gasteiger partial charge in [0.25, 0.3) is 0 Å². The van der Waals surface area contributed by atoms with E-state index in [0.29, 0.717) is 5.92 Å². The van der Waals surface area contributed by atoms with Crippen LogP contribution in [-0.4, -0.2) is 24.1 Å². The third-order valence-corrected chi connectivity index (χ3v) is 3.71. The molecule has 1 unspecified atom stereocenters. The second-order valence-corrected chi connectivity index (χ2v) is 5.06. The van der Waals surface area contributed by atoms with Crippen molar-refractivity contribution in [1.29, 1.82) is 0 Å². The van der Waals surface area contributed by atoms with Crippen LogP contribution in [0.5, 0.6) is 0 Å². The molecule has 1 aliphatic carbocycles. The molecule has 1 atom stereocenters. The summed E-state index contributed by atoms with van der Waals surface area (Å²) in [6.07, 6.45) is 6.45. The molecule has 1 heterocycles. The summed E-state index contributed by atoms with van der Waals surface area (Å²) in [4.78, 5) is 9.10. The molecule has 0 spiro atoms. The van der Waals surface area contributed by atoms with Gasteiger partial charge in [0.2, 0.25) is 0 Å². The van der Waals surface area contributed by atoms with Gasteiger partial charge in [-0.2, -0.15) is 0 Å². The van der Waals surface area contributed by atoms with E-state index in [1.807, 2.05) is 20.0 Å². The molecule has 0 aliphatic heterocycles. The van der Waals surface area contributed by atoms with Crippen LogP contribution in [0.25, 0.3) is 0 Å². The van der Waals surface area contributed by atoms with Crippen molar-refractivity contribution in [2.75, 3.05) is 19.5 Å². The largest absolute Gasteiger partial charge is 0.373 e. The van der Waals surface area contributed by atoms with Gasteiger partial charge in [-0.05, 0) is 25.7 Å². The third-order valence-electron chi connectivity index (χ3n) is 3.71. The molecular formula is C14H23N3O. The number of nitrogens with zero attached hydrogens (tertiary/aromatic N) is 2. The summed E-state index contributed by atoms with van der Waals surface area (Å²) >= 11 is 0. The molecule has 0 bridgehead atoms. The van der Waals surface area contributed by atoms with Crippen LogP contribution in [0.2, 0.25) is 0 Å². The summed E-state index contributed by atoms with van der Waals surface area (Å²) in [5.74, 6) is 2.26. The number of hydrogen-bond acceptors (Lipinski definition) is 4. The number of methoxy groups -OCH3 is 1. The maximum atomic E-state index is 5.68. The SMILES string of the molecule is CNc1cc(C)nc(C(OC)C2CCCCC2)n1. The van der Waals surface area contributed by atoms with Gasteiger partial charge in [0.1, 0.15) is 11.9 Å². The van der Waals surface area contributed by atoms with Crippen LogP contribution in [0.4, 0.5) is 5.82 Å². The van der Waals surface area contributed by atoms with Gasteiger partial charge in [0.05, 0.1) is 0 Å². The number of ether oxygens (including phenoxy) is 1. The molecule has 1 fully saturated rings. The van der Waals surface area contributed by atoms with E-state index in [9.17, 15) is 0 Å². The molecule has 0 radical (unpaired) electrons. The number of nitrogens with one attached hydrogen (secondary N) is 1. The highest BCUT2D eigenvalue weighted by molar-refractivity contribution is 5.35. The van der Waals surface area contributed by atoms with Gasteiger partial charge in [-0.15, -0.1) is 0 Å². The van der Waals surface area contributed by atoms with Gasteiger partial charge in [0, 0.05) is 25.9 Å². The van der Waals surface area contributed by atoms with Gasteiger partial charge >= 0.3 is 0 Å². The molecule has 0 saturated heterocycles. The minimum Gasteiger partial charge on any atom is -0.373 e. The normalized spacial score (nSPS) is 18.6. The van der Waals surface area contributed by atoms with E-state index in [4.69, 9.17) is 4.74 Å². The first kappa shape index (κ1) is 13.3. The van der Waals surface area contributed by atoms with E-state index in [0.717, 1.165) is 17.3 Å². The first-order valence-corrected chi connectivity index (χ1v) is 6.80. The Kier molecular flexibility index (Phi) is 4.53. The smallest absolute Gasteiger partial charge is 0.159 e. The average Bonchev–Trinajstić information content (AvgIpc) is 2.40. The van der Waals surface area contributed by atoms with Crippen LogP contribution < -0.4 is 5.32 Å². The van der Waals surface area contributed by atoms with Crippen LogP contribution >= 0.6 is 0 Å². The first-order valence-electron chi connectivity index (χ1n) is 6.80. The van der Waals surface area contributed by atoms with Crippen LogP contribution in [0.15, 0.2) is 6.07 Å². The lowest BCUT2D eigenvalue weighted by molar-refractivity contribution is 0.0289. The molecular weight excluding hydrogens is 226 g/mol. The first-order chi connectivity index (χ1) is 8.74. The number of hydrogen-bond donors (Lipinski definition) is 1. The minimum atomic E-state index is 0.0392. The monoisotopic (exact) mass is 249 g/mol. The zero-order chi connectivity index (χ0) is 13.0. The lowest BCUT2D eigenvalue weighted by Crippen LogP contribution is -2.20. The van der Waals surface area contributed by atoms with E-state index in [-0.39, 0.29) is 6.10 Å². The van der Waals surface area contributed by atoms with Gasteiger partial charge in [-0.3, -0.25) is 0 Å². The Morgan fingerprint density at radius 1 is 1.28 bits per heavy atom. The highest BCUT2D eigenvalue weighted by Gasteiger charge is 2.27. The lowest BCUT2D eigenvalue weighted by Gasteiger charge is -2.28. The van der Waals surface area contributed by atoms with Gasteiger partial charge in [-0.1, -0.05) is 19.3 Å². The Morgan fingerprint density at radius 2 is 2.00 bits per heavy atom. The molecule has 100 valence electrons. The number of aryl methyl sites for hydroxylation is 1. The van der Waals surface area contributed by atoms with E-state index in [2.05, 4.69) is 15.3 Å². The topological polar surface area (TPSA) is 47.0 Å². The van der Waals surface area contributed by atoms with E-state index in [1.165, 1.54) is 32.1 Å². The zero-order valence-corrected chi connectivity index (χ0v) is 11.6. The van der Waals surface area contributed by atoms with Crippen LogP contribution in [0, 0.1) is 12.8 Å². The molecule has 1 N–H and O–H groups in total. The van der Waals surface area contributed by atoms with E-state index in [1.54, 1.807) is 7.11 Å². The molecule has 4 heteroatoms. The Hall–Kier alpha value is -1.16. The molecule has 1 saturated carbocycles. The summed E-state index contributed by atoms with van der Waals surface area (Å²) in [6.45, 7) is 2.00. The minimum absolute atomic E-state index is 0.0392. The van der Waals surface area contributed by atoms with Gasteiger partial charge in [-0.25, -0.2) is 9.97 Å². The van der Waals surface area contributed by atoms with E-state index >= 15 is 0 Å². The molecule has 4 nitrogen and oxygen atoms in total. The Labute approximate surface area is 109 Å². The Balaban J connectivity index is 2.22. The maximum absolute atomic E-state index is 5.68. The standard InChI is InChI=1S/C14H23N3O/c1-10-9-12(15-2)17-14(16-10)13(18-3)11-7-5-4-6-8-11/h9,11,13H,4-8H2,1-3H3,(H,15,16,17). The van der Waals surface area contributed by atoms with Gasteiger partial charge in [0.15, 0.2) is 5.82 Å². The summed E-state index contributed by atoms with van der Waals surface area (Å²) in [5.41, 5.74) is 0.988. The van der Waals surface area contributed by atoms with Crippen molar-refractivity contribution < 1.29 is 4.74 Å². The number of anilines is 1. The van der Waals surface area contributed by atoms with Gasteiger partial charge < -0.3 is 10.1 Å². The highest BCUT2D eigenvalue weighted by Crippen LogP contribution is 2.35. The fraction of sp³-hybridized carbons (Fsp3) is 0.714. The molecule has 0 amide bonds. The van der Waals surface area contributed by atoms with Crippen molar-refractivity contribution in [2.45, 2.75) is 45.1 Å². The van der Waals surface area contributed by atoms with Crippen LogP contribution in [-0.2, 0) is 4.74 Å². The zero-order valence-electron chi connectivity index (χ0n) is 11.6. The third kappa shape index (κ3) is 2.99. The van der Waals surface area contributed by atoms with Crippen molar-refractivity contribution >= 4 is 5.82 Å². The number of rotatable bonds is 4. The van der Waals surface area contributed by atoms with Crippen molar-refractivity contribution in [2.24, 2.45) is 5.92 Å². The van der Waals surface area contributed by atoms with Crippen molar-refractivity contribution in [1.82, 2.24) is 9.97 Å². The summed E-state index contributed by atoms with van der Waals surface area (Å²) < 4.78 is 5.68. The Bertz CT molecular complexity index is 389. The average molecular weight is 249 g/mol. The summed E-state index contributed by atoms with van der Waals surface area (Å²) in [5, 5.41) is 3.08. The highest BCUT2D eigenvalue weighted by atomic mass is 16.5. The summed E-state index contributed by atoms with van der Waals surface area (Å²) in [6, 6.07) is 1.96. The maximum Gasteiger partial charge on any atom is 0.159 e. The van der Waals surface area contributed by atoms with Crippen LogP contribution in [0.3, 0.4) is 0 Å². The predicted molar refractivity (Wildman–Crippen MR) is 72.6 cm³/mol. The predicted octanol–water partition coefficient (Wildman–Crippen LogP) is 3.09. The lowest BCUT2D eigenvalue weighted by atomic mass is 9.85.